The quantitative estimate of drug-likeness (QED) is 0.762. The van der Waals surface area contributed by atoms with Crippen molar-refractivity contribution in [1.82, 2.24) is 20.2 Å². The monoisotopic (exact) mass is 330 g/mol. The Hall–Kier alpha value is -2.83. The van der Waals surface area contributed by atoms with Crippen LogP contribution in [0.5, 0.6) is 5.75 Å². The van der Waals surface area contributed by atoms with Crippen molar-refractivity contribution in [3.63, 3.8) is 0 Å². The van der Waals surface area contributed by atoms with E-state index in [4.69, 9.17) is 4.74 Å². The molecule has 2 rings (SSSR count). The van der Waals surface area contributed by atoms with Gasteiger partial charge in [0.05, 0.1) is 19.0 Å². The molecule has 24 heavy (non-hydrogen) atoms. The van der Waals surface area contributed by atoms with E-state index in [0.717, 1.165) is 0 Å². The first-order valence-corrected chi connectivity index (χ1v) is 7.76. The van der Waals surface area contributed by atoms with Crippen molar-refractivity contribution in [2.24, 2.45) is 0 Å². The second-order valence-corrected chi connectivity index (χ2v) is 5.43. The third kappa shape index (κ3) is 5.12. The molecule has 1 aromatic heterocycles. The number of para-hydroxylation sites is 1. The molecule has 0 spiro atoms. The number of benzene rings is 1. The molecule has 2 aromatic rings. The molecule has 0 aliphatic rings. The molecular formula is C17H22N4O3. The van der Waals surface area contributed by atoms with E-state index in [1.165, 1.54) is 7.11 Å². The van der Waals surface area contributed by atoms with Gasteiger partial charge in [-0.2, -0.15) is 0 Å². The van der Waals surface area contributed by atoms with Crippen molar-refractivity contribution in [2.45, 2.75) is 25.9 Å². The molecular weight excluding hydrogens is 308 g/mol. The fraction of sp³-hybridized carbons (Fsp3) is 0.353. The number of carbonyl (C=O) groups is 2. The van der Waals surface area contributed by atoms with Crippen molar-refractivity contribution in [2.75, 3.05) is 13.7 Å². The van der Waals surface area contributed by atoms with Crippen LogP contribution >= 0.6 is 0 Å². The number of hydrogen-bond donors (Lipinski definition) is 2. The molecule has 7 heteroatoms. The highest BCUT2D eigenvalue weighted by Gasteiger charge is 2.12. The predicted octanol–water partition coefficient (Wildman–Crippen LogP) is 1.22. The number of aromatic nitrogens is 2. The number of ether oxygens (including phenoxy) is 1. The van der Waals surface area contributed by atoms with E-state index in [9.17, 15) is 9.59 Å². The lowest BCUT2D eigenvalue weighted by atomic mass is 10.2. The molecule has 0 unspecified atom stereocenters. The van der Waals surface area contributed by atoms with Gasteiger partial charge in [0, 0.05) is 37.9 Å². The first-order valence-electron chi connectivity index (χ1n) is 7.76. The van der Waals surface area contributed by atoms with Crippen LogP contribution in [0.1, 0.15) is 23.7 Å². The second-order valence-electron chi connectivity index (χ2n) is 5.43. The molecule has 1 atom stereocenters. The minimum absolute atomic E-state index is 0.0170. The maximum absolute atomic E-state index is 12.1. The van der Waals surface area contributed by atoms with Crippen LogP contribution in [0.3, 0.4) is 0 Å². The Kier molecular flexibility index (Phi) is 6.36. The number of rotatable bonds is 8. The Morgan fingerprint density at radius 1 is 1.33 bits per heavy atom. The van der Waals surface area contributed by atoms with E-state index in [0.29, 0.717) is 17.9 Å². The zero-order valence-electron chi connectivity index (χ0n) is 13.9. The van der Waals surface area contributed by atoms with Crippen LogP contribution in [-0.4, -0.2) is 41.1 Å². The Morgan fingerprint density at radius 2 is 2.12 bits per heavy atom. The minimum Gasteiger partial charge on any atom is -0.496 e. The van der Waals surface area contributed by atoms with Gasteiger partial charge in [0.25, 0.3) is 5.91 Å². The van der Waals surface area contributed by atoms with Crippen molar-refractivity contribution in [3.8, 4) is 5.75 Å². The molecule has 0 aliphatic carbocycles. The van der Waals surface area contributed by atoms with Crippen molar-refractivity contribution >= 4 is 11.8 Å². The number of imidazole rings is 1. The van der Waals surface area contributed by atoms with Gasteiger partial charge < -0.3 is 19.9 Å². The summed E-state index contributed by atoms with van der Waals surface area (Å²) >= 11 is 0. The highest BCUT2D eigenvalue weighted by molar-refractivity contribution is 5.97. The van der Waals surface area contributed by atoms with Gasteiger partial charge in [-0.05, 0) is 19.1 Å². The molecule has 2 N–H and O–H groups in total. The lowest BCUT2D eigenvalue weighted by Crippen LogP contribution is -2.37. The minimum atomic E-state index is -0.258. The summed E-state index contributed by atoms with van der Waals surface area (Å²) in [5.41, 5.74) is 0.453. The molecule has 2 amide bonds. The molecule has 0 aliphatic heterocycles. The molecule has 128 valence electrons. The molecule has 0 fully saturated rings. The Morgan fingerprint density at radius 3 is 2.83 bits per heavy atom. The Balaban J connectivity index is 1.73. The van der Waals surface area contributed by atoms with Gasteiger partial charge in [-0.25, -0.2) is 4.98 Å². The molecule has 1 aromatic carbocycles. The first kappa shape index (κ1) is 17.5. The van der Waals surface area contributed by atoms with Crippen LogP contribution in [0.15, 0.2) is 43.0 Å². The van der Waals surface area contributed by atoms with Crippen LogP contribution in [-0.2, 0) is 11.3 Å². The fourth-order valence-electron chi connectivity index (χ4n) is 2.32. The highest BCUT2D eigenvalue weighted by atomic mass is 16.5. The SMILES string of the molecule is COc1ccccc1C(=O)NCCC(=O)N[C@@H](C)Cn1ccnc1. The summed E-state index contributed by atoms with van der Waals surface area (Å²) in [7, 11) is 1.52. The molecule has 0 saturated carbocycles. The second kappa shape index (κ2) is 8.71. The van der Waals surface area contributed by atoms with Crippen LogP contribution in [0.25, 0.3) is 0 Å². The van der Waals surface area contributed by atoms with Crippen molar-refractivity contribution in [1.29, 1.82) is 0 Å². The number of nitrogens with zero attached hydrogens (tertiary/aromatic N) is 2. The number of amides is 2. The topological polar surface area (TPSA) is 85.2 Å². The largest absolute Gasteiger partial charge is 0.496 e. The highest BCUT2D eigenvalue weighted by Crippen LogP contribution is 2.16. The Labute approximate surface area is 141 Å². The van der Waals surface area contributed by atoms with E-state index in [1.807, 2.05) is 17.7 Å². The number of hydrogen-bond acceptors (Lipinski definition) is 4. The summed E-state index contributed by atoms with van der Waals surface area (Å²) in [5, 5.41) is 5.62. The average Bonchev–Trinajstić information content (AvgIpc) is 3.07. The van der Waals surface area contributed by atoms with Gasteiger partial charge in [-0.3, -0.25) is 9.59 Å². The van der Waals surface area contributed by atoms with E-state index in [1.54, 1.807) is 36.8 Å². The van der Waals surface area contributed by atoms with Crippen LogP contribution in [0, 0.1) is 0 Å². The van der Waals surface area contributed by atoms with E-state index in [-0.39, 0.29) is 30.8 Å². The third-order valence-corrected chi connectivity index (χ3v) is 3.44. The van der Waals surface area contributed by atoms with Gasteiger partial charge in [-0.15, -0.1) is 0 Å². The smallest absolute Gasteiger partial charge is 0.255 e. The lowest BCUT2D eigenvalue weighted by Gasteiger charge is -2.14. The predicted molar refractivity (Wildman–Crippen MR) is 89.8 cm³/mol. The van der Waals surface area contributed by atoms with Crippen molar-refractivity contribution in [3.05, 3.63) is 48.5 Å². The van der Waals surface area contributed by atoms with Gasteiger partial charge in [0.2, 0.25) is 5.91 Å². The molecule has 7 nitrogen and oxygen atoms in total. The maximum Gasteiger partial charge on any atom is 0.255 e. The van der Waals surface area contributed by atoms with Crippen LogP contribution < -0.4 is 15.4 Å². The summed E-state index contributed by atoms with van der Waals surface area (Å²) < 4.78 is 7.05. The van der Waals surface area contributed by atoms with E-state index < -0.39 is 0 Å². The van der Waals surface area contributed by atoms with Gasteiger partial charge >= 0.3 is 0 Å². The first-order chi connectivity index (χ1) is 11.6. The summed E-state index contributed by atoms with van der Waals surface area (Å²) in [6.45, 7) is 2.84. The van der Waals surface area contributed by atoms with E-state index in [2.05, 4.69) is 15.6 Å². The van der Waals surface area contributed by atoms with E-state index >= 15 is 0 Å². The Bertz CT molecular complexity index is 670. The van der Waals surface area contributed by atoms with Gasteiger partial charge in [0.15, 0.2) is 0 Å². The maximum atomic E-state index is 12.1. The molecule has 1 heterocycles. The fourth-order valence-corrected chi connectivity index (χ4v) is 2.32. The molecule has 0 saturated heterocycles. The van der Waals surface area contributed by atoms with Crippen LogP contribution in [0.2, 0.25) is 0 Å². The van der Waals surface area contributed by atoms with Gasteiger partial charge in [-0.1, -0.05) is 12.1 Å². The summed E-state index contributed by atoms with van der Waals surface area (Å²) in [6, 6.07) is 6.95. The number of nitrogens with one attached hydrogen (secondary N) is 2. The van der Waals surface area contributed by atoms with Crippen molar-refractivity contribution < 1.29 is 14.3 Å². The van der Waals surface area contributed by atoms with Gasteiger partial charge in [0.1, 0.15) is 5.75 Å². The standard InChI is InChI=1S/C17H22N4O3/c1-13(11-21-10-9-18-12-21)20-16(22)7-8-19-17(23)14-5-3-4-6-15(14)24-2/h3-6,9-10,12-13H,7-8,11H2,1-2H3,(H,19,23)(H,20,22)/t13-/m0/s1. The summed E-state index contributed by atoms with van der Waals surface area (Å²) in [5.74, 6) is 0.142. The number of methoxy groups -OCH3 is 1. The average molecular weight is 330 g/mol. The molecule has 0 bridgehead atoms. The summed E-state index contributed by atoms with van der Waals surface area (Å²) in [4.78, 5) is 28.0. The zero-order chi connectivity index (χ0) is 17.4. The number of carbonyl (C=O) groups excluding carboxylic acids is 2. The molecule has 0 radical (unpaired) electrons. The van der Waals surface area contributed by atoms with Crippen LogP contribution in [0.4, 0.5) is 0 Å². The third-order valence-electron chi connectivity index (χ3n) is 3.44. The summed E-state index contributed by atoms with van der Waals surface area (Å²) in [6.07, 6.45) is 5.46. The zero-order valence-corrected chi connectivity index (χ0v) is 13.9. The normalized spacial score (nSPS) is 11.6. The lowest BCUT2D eigenvalue weighted by molar-refractivity contribution is -0.121.